The molecule has 2 amide bonds. The van der Waals surface area contributed by atoms with Gasteiger partial charge < -0.3 is 10.6 Å². The van der Waals surface area contributed by atoms with Crippen LogP contribution in [0.1, 0.15) is 28.2 Å². The van der Waals surface area contributed by atoms with Crippen LogP contribution >= 0.6 is 23.2 Å². The van der Waals surface area contributed by atoms with E-state index in [0.717, 1.165) is 12.1 Å². The minimum absolute atomic E-state index is 0.00928. The van der Waals surface area contributed by atoms with Gasteiger partial charge in [-0.1, -0.05) is 47.5 Å². The van der Waals surface area contributed by atoms with Gasteiger partial charge in [0.25, 0.3) is 0 Å². The Labute approximate surface area is 192 Å². The highest BCUT2D eigenvalue weighted by atomic mass is 35.5. The largest absolute Gasteiger partial charge is 0.416 e. The van der Waals surface area contributed by atoms with Gasteiger partial charge in [0, 0.05) is 21.4 Å². The minimum atomic E-state index is -4.52. The predicted molar refractivity (Wildman–Crippen MR) is 119 cm³/mol. The second-order valence-corrected chi connectivity index (χ2v) is 7.80. The Morgan fingerprint density at radius 2 is 1.72 bits per heavy atom. The van der Waals surface area contributed by atoms with Crippen molar-refractivity contribution in [2.75, 3.05) is 10.6 Å². The van der Waals surface area contributed by atoms with E-state index in [1.807, 2.05) is 0 Å². The van der Waals surface area contributed by atoms with E-state index in [0.29, 0.717) is 27.4 Å². The summed E-state index contributed by atoms with van der Waals surface area (Å²) >= 11 is 12.3. The lowest BCUT2D eigenvalue weighted by molar-refractivity contribution is -0.137. The first-order chi connectivity index (χ1) is 15.1. The number of urea groups is 1. The average molecular weight is 478 g/mol. The molecule has 0 spiro atoms. The number of nitrogens with one attached hydrogen (secondary N) is 2. The third kappa shape index (κ3) is 5.52. The number of nitriles is 1. The van der Waals surface area contributed by atoms with E-state index in [1.165, 1.54) is 18.2 Å². The van der Waals surface area contributed by atoms with E-state index >= 15 is 0 Å². The second-order valence-electron chi connectivity index (χ2n) is 6.96. The number of aryl methyl sites for hydroxylation is 1. The number of carbonyl (C=O) groups excluding carboxylic acids is 1. The summed E-state index contributed by atoms with van der Waals surface area (Å²) in [5, 5.41) is 15.4. The van der Waals surface area contributed by atoms with Gasteiger partial charge in [0.15, 0.2) is 0 Å². The van der Waals surface area contributed by atoms with Crippen molar-refractivity contribution in [3.63, 3.8) is 0 Å². The fourth-order valence-electron chi connectivity index (χ4n) is 3.10. The molecule has 0 aliphatic carbocycles. The third-order valence-electron chi connectivity index (χ3n) is 4.68. The summed E-state index contributed by atoms with van der Waals surface area (Å²) < 4.78 is 38.6. The number of halogens is 5. The van der Waals surface area contributed by atoms with E-state index in [-0.39, 0.29) is 10.7 Å². The van der Waals surface area contributed by atoms with Gasteiger partial charge in [0.1, 0.15) is 0 Å². The number of rotatable bonds is 4. The molecule has 3 aromatic carbocycles. The molecule has 3 aromatic rings. The molecule has 0 saturated carbocycles. The van der Waals surface area contributed by atoms with Gasteiger partial charge in [-0.2, -0.15) is 18.4 Å². The zero-order chi connectivity index (χ0) is 23.5. The van der Waals surface area contributed by atoms with Gasteiger partial charge in [0.05, 0.1) is 17.6 Å². The van der Waals surface area contributed by atoms with E-state index in [2.05, 4.69) is 16.7 Å². The maximum atomic E-state index is 12.9. The summed E-state index contributed by atoms with van der Waals surface area (Å²) in [6.45, 7) is 1.72. The van der Waals surface area contributed by atoms with Crippen LogP contribution in [-0.4, -0.2) is 6.03 Å². The van der Waals surface area contributed by atoms with Crippen molar-refractivity contribution in [2.24, 2.45) is 0 Å². The van der Waals surface area contributed by atoms with Crippen LogP contribution in [-0.2, 0) is 6.18 Å². The molecule has 0 bridgehead atoms. The molecule has 0 aliphatic rings. The van der Waals surface area contributed by atoms with Crippen LogP contribution in [0.25, 0.3) is 0 Å². The fraction of sp³-hybridized carbons (Fsp3) is 0.130. The number of benzene rings is 3. The lowest BCUT2D eigenvalue weighted by Crippen LogP contribution is -2.20. The van der Waals surface area contributed by atoms with Crippen molar-refractivity contribution in [3.8, 4) is 6.07 Å². The minimum Gasteiger partial charge on any atom is -0.308 e. The third-order valence-corrected chi connectivity index (χ3v) is 5.26. The molecule has 0 unspecified atom stereocenters. The van der Waals surface area contributed by atoms with Crippen molar-refractivity contribution in [3.05, 3.63) is 93.0 Å². The zero-order valence-electron chi connectivity index (χ0n) is 16.6. The van der Waals surface area contributed by atoms with Gasteiger partial charge in [-0.25, -0.2) is 4.79 Å². The summed E-state index contributed by atoms with van der Waals surface area (Å²) in [6.07, 6.45) is -4.52. The van der Waals surface area contributed by atoms with Crippen molar-refractivity contribution < 1.29 is 18.0 Å². The van der Waals surface area contributed by atoms with Crippen molar-refractivity contribution in [1.82, 2.24) is 0 Å². The van der Waals surface area contributed by atoms with E-state index in [4.69, 9.17) is 23.2 Å². The van der Waals surface area contributed by atoms with E-state index < -0.39 is 23.7 Å². The Bertz CT molecular complexity index is 1190. The highest BCUT2D eigenvalue weighted by molar-refractivity contribution is 6.32. The zero-order valence-corrected chi connectivity index (χ0v) is 18.1. The molecule has 2 N–H and O–H groups in total. The van der Waals surface area contributed by atoms with Crippen LogP contribution < -0.4 is 10.6 Å². The molecule has 0 radical (unpaired) electrons. The molecule has 0 saturated heterocycles. The molecule has 9 heteroatoms. The average Bonchev–Trinajstić information content (AvgIpc) is 2.73. The lowest BCUT2D eigenvalue weighted by atomic mass is 9.91. The Kier molecular flexibility index (Phi) is 6.97. The van der Waals surface area contributed by atoms with Gasteiger partial charge in [-0.3, -0.25) is 0 Å². The van der Waals surface area contributed by atoms with Crippen LogP contribution in [0.5, 0.6) is 0 Å². The van der Waals surface area contributed by atoms with Gasteiger partial charge >= 0.3 is 12.2 Å². The molecule has 0 heterocycles. The number of nitrogens with zero attached hydrogens (tertiary/aromatic N) is 1. The van der Waals surface area contributed by atoms with Crippen LogP contribution in [0.15, 0.2) is 60.7 Å². The summed E-state index contributed by atoms with van der Waals surface area (Å²) in [7, 11) is 0. The molecule has 164 valence electrons. The van der Waals surface area contributed by atoms with Gasteiger partial charge in [-0.15, -0.1) is 0 Å². The maximum Gasteiger partial charge on any atom is 0.416 e. The van der Waals surface area contributed by atoms with Crippen molar-refractivity contribution in [1.29, 1.82) is 5.26 Å². The molecule has 0 aromatic heterocycles. The lowest BCUT2D eigenvalue weighted by Gasteiger charge is -2.16. The number of anilines is 2. The highest BCUT2D eigenvalue weighted by Gasteiger charge is 2.30. The molecular formula is C23H16Cl2F3N3O. The second kappa shape index (κ2) is 9.51. The van der Waals surface area contributed by atoms with E-state index in [9.17, 15) is 23.2 Å². The number of hydrogen-bond donors (Lipinski definition) is 2. The quantitative estimate of drug-likeness (QED) is 0.405. The first-order valence-corrected chi connectivity index (χ1v) is 10.0. The number of carbonyl (C=O) groups is 1. The molecule has 0 aliphatic heterocycles. The van der Waals surface area contributed by atoms with Gasteiger partial charge in [-0.05, 0) is 60.0 Å². The smallest absolute Gasteiger partial charge is 0.308 e. The molecule has 3 rings (SSSR count). The first-order valence-electron chi connectivity index (χ1n) is 9.29. The SMILES string of the molecule is Cc1cc([C@@H](C#N)c2ccc(Cl)cc2)c(Cl)cc1NC(=O)Nc1cccc(C(F)(F)F)c1. The highest BCUT2D eigenvalue weighted by Crippen LogP contribution is 2.35. The van der Waals surface area contributed by atoms with Crippen molar-refractivity contribution >= 4 is 40.6 Å². The molecule has 32 heavy (non-hydrogen) atoms. The predicted octanol–water partition coefficient (Wildman–Crippen LogP) is 7.62. The monoisotopic (exact) mass is 477 g/mol. The van der Waals surface area contributed by atoms with Crippen LogP contribution in [0.2, 0.25) is 10.0 Å². The molecule has 1 atom stereocenters. The Morgan fingerprint density at radius 3 is 2.34 bits per heavy atom. The Hall–Kier alpha value is -3.21. The van der Waals surface area contributed by atoms with E-state index in [1.54, 1.807) is 37.3 Å². The normalized spacial score (nSPS) is 12.0. The van der Waals surface area contributed by atoms with Crippen molar-refractivity contribution in [2.45, 2.75) is 19.0 Å². The van der Waals surface area contributed by atoms with Crippen LogP contribution in [0.3, 0.4) is 0 Å². The molecule has 4 nitrogen and oxygen atoms in total. The first kappa shape index (κ1) is 23.5. The summed E-state index contributed by atoms with van der Waals surface area (Å²) in [5.74, 6) is -0.647. The standard InChI is InChI=1S/C23H16Cl2F3N3O/c1-13-9-18(19(12-29)14-5-7-16(24)8-6-14)20(25)11-21(13)31-22(32)30-17-4-2-3-15(10-17)23(26,27)28/h2-11,19H,1H3,(H2,30,31,32)/t19-/m0/s1. The Morgan fingerprint density at radius 1 is 1.03 bits per heavy atom. The van der Waals surface area contributed by atoms with Crippen LogP contribution in [0, 0.1) is 18.3 Å². The summed E-state index contributed by atoms with van der Waals surface area (Å²) in [4.78, 5) is 12.3. The van der Waals surface area contributed by atoms with Gasteiger partial charge in [0.2, 0.25) is 0 Å². The molecule has 0 fully saturated rings. The summed E-state index contributed by atoms with van der Waals surface area (Å²) in [6, 6.07) is 15.8. The fourth-order valence-corrected chi connectivity index (χ4v) is 3.50. The molecular weight excluding hydrogens is 462 g/mol. The Balaban J connectivity index is 1.80. The number of hydrogen-bond acceptors (Lipinski definition) is 2. The number of amides is 2. The topological polar surface area (TPSA) is 64.9 Å². The summed E-state index contributed by atoms with van der Waals surface area (Å²) in [5.41, 5.74) is 1.36. The maximum absolute atomic E-state index is 12.9. The van der Waals surface area contributed by atoms with Crippen LogP contribution in [0.4, 0.5) is 29.3 Å². The number of alkyl halides is 3.